The third kappa shape index (κ3) is 6.53. The van der Waals surface area contributed by atoms with Gasteiger partial charge in [0.25, 0.3) is 0 Å². The number of thioether (sulfide) groups is 1. The van der Waals surface area contributed by atoms with Crippen molar-refractivity contribution in [2.45, 2.75) is 35.8 Å². The lowest BCUT2D eigenvalue weighted by molar-refractivity contribution is -0.143. The summed E-state index contributed by atoms with van der Waals surface area (Å²) in [7, 11) is 0. The molecule has 0 heterocycles. The highest BCUT2D eigenvalue weighted by Gasteiger charge is 2.09. The monoisotopic (exact) mass is 306 g/mol. The highest BCUT2D eigenvalue weighted by atomic mass is 35.5. The first-order valence-electron chi connectivity index (χ1n) is 5.83. The minimum Gasteiger partial charge on any atom is -0.466 e. The Morgan fingerprint density at radius 2 is 2.06 bits per heavy atom. The number of carbonyl (C=O) groups excluding carboxylic acids is 1. The number of esters is 1. The molecule has 1 aromatic carbocycles. The van der Waals surface area contributed by atoms with E-state index in [0.29, 0.717) is 18.1 Å². The summed E-state index contributed by atoms with van der Waals surface area (Å²) in [6, 6.07) is 7.56. The van der Waals surface area contributed by atoms with E-state index in [1.807, 2.05) is 24.3 Å². The van der Waals surface area contributed by atoms with Crippen molar-refractivity contribution in [3.05, 3.63) is 29.3 Å². The maximum Gasteiger partial charge on any atom is 0.305 e. The van der Waals surface area contributed by atoms with E-state index in [0.717, 1.165) is 17.7 Å². The number of alkyl halides is 1. The van der Waals surface area contributed by atoms with Gasteiger partial charge in [0.05, 0.1) is 11.3 Å². The Kier molecular flexibility index (Phi) is 7.56. The van der Waals surface area contributed by atoms with Gasteiger partial charge in [0.2, 0.25) is 0 Å². The Balaban J connectivity index is 2.23. The summed E-state index contributed by atoms with van der Waals surface area (Å²) in [6.45, 7) is 2.24. The summed E-state index contributed by atoms with van der Waals surface area (Å²) < 4.78 is 4.81. The molecule has 0 N–H and O–H groups in total. The zero-order chi connectivity index (χ0) is 13.4. The molecule has 1 aromatic rings. The van der Waals surface area contributed by atoms with Crippen molar-refractivity contribution in [1.29, 1.82) is 0 Å². The minimum absolute atomic E-state index is 0.0411. The fraction of sp³-hybridized carbons (Fsp3) is 0.462. The normalized spacial score (nSPS) is 12.2. The third-order valence-electron chi connectivity index (χ3n) is 2.19. The minimum atomic E-state index is -0.155. The SMILES string of the molecule is CCOC(=O)CCCC(Cl)Sc1ccc(Cl)cc1. The standard InChI is InChI=1S/C13H16Cl2O2S/c1-2-17-13(16)5-3-4-12(15)18-11-8-6-10(14)7-9-11/h6-9,12H,2-5H2,1H3. The maximum absolute atomic E-state index is 11.1. The van der Waals surface area contributed by atoms with Gasteiger partial charge in [-0.3, -0.25) is 4.79 Å². The van der Waals surface area contributed by atoms with Gasteiger partial charge in [0.15, 0.2) is 0 Å². The molecule has 18 heavy (non-hydrogen) atoms. The smallest absolute Gasteiger partial charge is 0.305 e. The first kappa shape index (κ1) is 15.7. The van der Waals surface area contributed by atoms with Crippen molar-refractivity contribution in [2.24, 2.45) is 0 Å². The van der Waals surface area contributed by atoms with Gasteiger partial charge in [0, 0.05) is 16.3 Å². The molecule has 1 unspecified atom stereocenters. The predicted octanol–water partition coefficient (Wildman–Crippen LogP) is 4.73. The van der Waals surface area contributed by atoms with Gasteiger partial charge in [-0.25, -0.2) is 0 Å². The van der Waals surface area contributed by atoms with Crippen LogP contribution >= 0.6 is 35.0 Å². The molecule has 0 aliphatic heterocycles. The van der Waals surface area contributed by atoms with Crippen molar-refractivity contribution < 1.29 is 9.53 Å². The topological polar surface area (TPSA) is 26.3 Å². The van der Waals surface area contributed by atoms with Gasteiger partial charge in [0.1, 0.15) is 0 Å². The zero-order valence-electron chi connectivity index (χ0n) is 10.2. The Labute approximate surface area is 122 Å². The van der Waals surface area contributed by atoms with Crippen LogP contribution in [0.4, 0.5) is 0 Å². The quantitative estimate of drug-likeness (QED) is 0.414. The van der Waals surface area contributed by atoms with Gasteiger partial charge in [-0.1, -0.05) is 11.6 Å². The van der Waals surface area contributed by atoms with Crippen LogP contribution in [-0.2, 0) is 9.53 Å². The molecule has 0 saturated heterocycles. The van der Waals surface area contributed by atoms with E-state index in [4.69, 9.17) is 27.9 Å². The lowest BCUT2D eigenvalue weighted by Gasteiger charge is -2.09. The number of rotatable bonds is 7. The van der Waals surface area contributed by atoms with Crippen LogP contribution in [0.5, 0.6) is 0 Å². The van der Waals surface area contributed by atoms with Crippen LogP contribution in [0.25, 0.3) is 0 Å². The summed E-state index contributed by atoms with van der Waals surface area (Å²) in [5.74, 6) is -0.155. The molecule has 0 fully saturated rings. The van der Waals surface area contributed by atoms with E-state index in [-0.39, 0.29) is 10.7 Å². The van der Waals surface area contributed by atoms with Crippen molar-refractivity contribution >= 4 is 40.9 Å². The van der Waals surface area contributed by atoms with Gasteiger partial charge < -0.3 is 4.74 Å². The van der Waals surface area contributed by atoms with Gasteiger partial charge in [-0.15, -0.1) is 23.4 Å². The second-order valence-corrected chi connectivity index (χ2v) is 6.18. The van der Waals surface area contributed by atoms with Gasteiger partial charge >= 0.3 is 5.97 Å². The summed E-state index contributed by atoms with van der Waals surface area (Å²) in [4.78, 5) is 12.2. The third-order valence-corrected chi connectivity index (χ3v) is 3.97. The molecule has 0 spiro atoms. The Hall–Kier alpha value is -0.380. The highest BCUT2D eigenvalue weighted by Crippen LogP contribution is 2.30. The fourth-order valence-corrected chi connectivity index (χ4v) is 2.82. The van der Waals surface area contributed by atoms with E-state index in [9.17, 15) is 4.79 Å². The van der Waals surface area contributed by atoms with Crippen LogP contribution in [0, 0.1) is 0 Å². The van der Waals surface area contributed by atoms with Crippen molar-refractivity contribution in [3.63, 3.8) is 0 Å². The van der Waals surface area contributed by atoms with E-state index >= 15 is 0 Å². The summed E-state index contributed by atoms with van der Waals surface area (Å²) in [5, 5.41) is 0.716. The number of hydrogen-bond acceptors (Lipinski definition) is 3. The van der Waals surface area contributed by atoms with Crippen molar-refractivity contribution in [3.8, 4) is 0 Å². The van der Waals surface area contributed by atoms with Crippen LogP contribution in [0.1, 0.15) is 26.2 Å². The molecule has 0 amide bonds. The lowest BCUT2D eigenvalue weighted by Crippen LogP contribution is -2.04. The molecule has 0 aliphatic rings. The summed E-state index contributed by atoms with van der Waals surface area (Å²) >= 11 is 13.6. The van der Waals surface area contributed by atoms with E-state index < -0.39 is 0 Å². The molecule has 2 nitrogen and oxygen atoms in total. The predicted molar refractivity (Wildman–Crippen MR) is 77.4 cm³/mol. The molecule has 1 atom stereocenters. The number of halogens is 2. The van der Waals surface area contributed by atoms with E-state index in [1.54, 1.807) is 18.7 Å². The van der Waals surface area contributed by atoms with Crippen LogP contribution in [0.3, 0.4) is 0 Å². The average molecular weight is 307 g/mol. The largest absolute Gasteiger partial charge is 0.466 e. The number of benzene rings is 1. The average Bonchev–Trinajstić information content (AvgIpc) is 2.32. The lowest BCUT2D eigenvalue weighted by atomic mass is 10.2. The second kappa shape index (κ2) is 8.68. The fourth-order valence-electron chi connectivity index (χ4n) is 1.36. The van der Waals surface area contributed by atoms with Gasteiger partial charge in [-0.2, -0.15) is 0 Å². The van der Waals surface area contributed by atoms with Crippen LogP contribution in [0.15, 0.2) is 29.2 Å². The Morgan fingerprint density at radius 1 is 1.39 bits per heavy atom. The summed E-state index contributed by atoms with van der Waals surface area (Å²) in [5.41, 5.74) is 0. The van der Waals surface area contributed by atoms with E-state index in [1.165, 1.54) is 0 Å². The molecule has 0 bridgehead atoms. The first-order chi connectivity index (χ1) is 8.61. The Bertz CT molecular complexity index is 368. The molecule has 0 aliphatic carbocycles. The highest BCUT2D eigenvalue weighted by molar-refractivity contribution is 8.01. The van der Waals surface area contributed by atoms with E-state index in [2.05, 4.69) is 0 Å². The molecule has 0 saturated carbocycles. The first-order valence-corrected chi connectivity index (χ1v) is 7.53. The zero-order valence-corrected chi connectivity index (χ0v) is 12.5. The van der Waals surface area contributed by atoms with Crippen LogP contribution in [-0.4, -0.2) is 17.3 Å². The second-order valence-electron chi connectivity index (χ2n) is 3.68. The number of carbonyl (C=O) groups is 1. The van der Waals surface area contributed by atoms with Crippen molar-refractivity contribution in [2.75, 3.05) is 6.61 Å². The molecule has 0 radical (unpaired) electrons. The molecule has 5 heteroatoms. The van der Waals surface area contributed by atoms with Crippen LogP contribution < -0.4 is 0 Å². The molecular weight excluding hydrogens is 291 g/mol. The number of hydrogen-bond donors (Lipinski definition) is 0. The van der Waals surface area contributed by atoms with Crippen LogP contribution in [0.2, 0.25) is 5.02 Å². The molecule has 0 aromatic heterocycles. The summed E-state index contributed by atoms with van der Waals surface area (Å²) in [6.07, 6.45) is 1.94. The molecule has 100 valence electrons. The number of ether oxygens (including phenoxy) is 1. The Morgan fingerprint density at radius 3 is 2.67 bits per heavy atom. The maximum atomic E-state index is 11.1. The molecule has 1 rings (SSSR count). The van der Waals surface area contributed by atoms with Crippen molar-refractivity contribution in [1.82, 2.24) is 0 Å². The molecular formula is C13H16Cl2O2S. The van der Waals surface area contributed by atoms with Gasteiger partial charge in [-0.05, 0) is 44.0 Å².